The Hall–Kier alpha value is -1.26. The number of piperidine rings is 1. The van der Waals surface area contributed by atoms with E-state index in [0.29, 0.717) is 18.9 Å². The molecule has 2 rings (SSSR count). The van der Waals surface area contributed by atoms with E-state index >= 15 is 0 Å². The third-order valence-electron chi connectivity index (χ3n) is 3.73. The molecule has 2 atom stereocenters. The number of urea groups is 1. The third kappa shape index (κ3) is 2.90. The van der Waals surface area contributed by atoms with Gasteiger partial charge in [0, 0.05) is 12.6 Å². The van der Waals surface area contributed by atoms with Crippen LogP contribution in [0.3, 0.4) is 0 Å². The number of aliphatic carboxylic acids is 1. The van der Waals surface area contributed by atoms with Crippen molar-refractivity contribution in [1.29, 1.82) is 0 Å². The van der Waals surface area contributed by atoms with Gasteiger partial charge in [-0.2, -0.15) is 0 Å². The fourth-order valence-corrected chi connectivity index (χ4v) is 2.42. The van der Waals surface area contributed by atoms with Crippen LogP contribution in [0.1, 0.15) is 39.0 Å². The highest BCUT2D eigenvalue weighted by Gasteiger charge is 2.35. The fraction of sp³-hybridized carbons (Fsp3) is 0.833. The first-order valence-electron chi connectivity index (χ1n) is 6.39. The fourth-order valence-electron chi connectivity index (χ4n) is 2.42. The van der Waals surface area contributed by atoms with Crippen LogP contribution >= 0.6 is 0 Å². The lowest BCUT2D eigenvalue weighted by atomic mass is 10.0. The minimum absolute atomic E-state index is 0.166. The van der Waals surface area contributed by atoms with E-state index in [0.717, 1.165) is 12.8 Å². The third-order valence-corrected chi connectivity index (χ3v) is 3.73. The molecule has 2 N–H and O–H groups in total. The van der Waals surface area contributed by atoms with Gasteiger partial charge in [0.1, 0.15) is 6.04 Å². The van der Waals surface area contributed by atoms with Gasteiger partial charge in [-0.3, -0.25) is 0 Å². The Morgan fingerprint density at radius 3 is 2.59 bits per heavy atom. The summed E-state index contributed by atoms with van der Waals surface area (Å²) in [6.07, 6.45) is 4.70. The molecule has 2 amide bonds. The van der Waals surface area contributed by atoms with Gasteiger partial charge in [-0.1, -0.05) is 0 Å². The van der Waals surface area contributed by atoms with Crippen molar-refractivity contribution in [3.8, 4) is 0 Å². The summed E-state index contributed by atoms with van der Waals surface area (Å²) in [5.41, 5.74) is 0. The highest BCUT2D eigenvalue weighted by Crippen LogP contribution is 2.32. The Labute approximate surface area is 101 Å². The van der Waals surface area contributed by atoms with Gasteiger partial charge in [0.25, 0.3) is 0 Å². The molecular formula is C12H20N2O3. The topological polar surface area (TPSA) is 69.6 Å². The molecule has 0 spiro atoms. The second kappa shape index (κ2) is 4.94. The number of rotatable bonds is 3. The summed E-state index contributed by atoms with van der Waals surface area (Å²) >= 11 is 0. The molecule has 17 heavy (non-hydrogen) atoms. The molecule has 1 saturated carbocycles. The quantitative estimate of drug-likeness (QED) is 0.784. The zero-order valence-electron chi connectivity index (χ0n) is 10.2. The Bertz CT molecular complexity index is 315. The lowest BCUT2D eigenvalue weighted by Crippen LogP contribution is -2.53. The summed E-state index contributed by atoms with van der Waals surface area (Å²) in [7, 11) is 0. The summed E-state index contributed by atoms with van der Waals surface area (Å²) in [5.74, 6) is -0.300. The number of carboxylic acids is 1. The first-order valence-corrected chi connectivity index (χ1v) is 6.39. The molecule has 0 bridgehead atoms. The number of likely N-dealkylation sites (tertiary alicyclic amines) is 1. The number of nitrogens with zero attached hydrogens (tertiary/aromatic N) is 1. The van der Waals surface area contributed by atoms with Crippen LogP contribution in [0.25, 0.3) is 0 Å². The molecule has 1 aliphatic carbocycles. The maximum absolute atomic E-state index is 12.0. The summed E-state index contributed by atoms with van der Waals surface area (Å²) < 4.78 is 0. The van der Waals surface area contributed by atoms with Crippen molar-refractivity contribution in [2.24, 2.45) is 5.92 Å². The van der Waals surface area contributed by atoms with E-state index in [1.165, 1.54) is 17.7 Å². The Morgan fingerprint density at radius 2 is 2.00 bits per heavy atom. The number of hydrogen-bond acceptors (Lipinski definition) is 2. The minimum Gasteiger partial charge on any atom is -0.480 e. The van der Waals surface area contributed by atoms with E-state index in [4.69, 9.17) is 5.11 Å². The van der Waals surface area contributed by atoms with Crippen molar-refractivity contribution >= 4 is 12.0 Å². The van der Waals surface area contributed by atoms with E-state index in [1.807, 2.05) is 6.92 Å². The van der Waals surface area contributed by atoms with Crippen molar-refractivity contribution in [1.82, 2.24) is 10.2 Å². The average molecular weight is 240 g/mol. The van der Waals surface area contributed by atoms with Crippen LogP contribution in [-0.4, -0.2) is 40.6 Å². The van der Waals surface area contributed by atoms with Crippen LogP contribution in [0.5, 0.6) is 0 Å². The summed E-state index contributed by atoms with van der Waals surface area (Å²) in [6, 6.07) is -0.689. The zero-order valence-corrected chi connectivity index (χ0v) is 10.2. The van der Waals surface area contributed by atoms with E-state index in [9.17, 15) is 9.59 Å². The SMILES string of the molecule is CC(NC(=O)N1CCCCC1C(=O)O)C1CC1. The van der Waals surface area contributed by atoms with Crippen LogP contribution in [0.4, 0.5) is 4.79 Å². The molecule has 0 aromatic rings. The Morgan fingerprint density at radius 1 is 1.29 bits per heavy atom. The molecule has 0 aromatic carbocycles. The molecule has 2 unspecified atom stereocenters. The summed E-state index contributed by atoms with van der Waals surface area (Å²) in [5, 5.41) is 12.0. The van der Waals surface area contributed by atoms with Gasteiger partial charge >= 0.3 is 12.0 Å². The lowest BCUT2D eigenvalue weighted by Gasteiger charge is -2.33. The molecule has 0 radical (unpaired) electrons. The molecule has 5 heteroatoms. The Balaban J connectivity index is 1.92. The highest BCUT2D eigenvalue weighted by molar-refractivity contribution is 5.83. The molecule has 1 aliphatic heterocycles. The van der Waals surface area contributed by atoms with Crippen molar-refractivity contribution in [2.45, 2.75) is 51.1 Å². The first-order chi connectivity index (χ1) is 8.09. The van der Waals surface area contributed by atoms with Crippen molar-refractivity contribution in [2.75, 3.05) is 6.54 Å². The normalized spacial score (nSPS) is 26.4. The zero-order chi connectivity index (χ0) is 12.4. The summed E-state index contributed by atoms with van der Waals surface area (Å²) in [6.45, 7) is 2.55. The standard InChI is InChI=1S/C12H20N2O3/c1-8(9-5-6-9)13-12(17)14-7-3-2-4-10(14)11(15)16/h8-10H,2-7H2,1H3,(H,13,17)(H,15,16). The van der Waals surface area contributed by atoms with E-state index in [-0.39, 0.29) is 12.1 Å². The molecule has 96 valence electrons. The molecule has 2 aliphatic rings. The largest absolute Gasteiger partial charge is 0.480 e. The second-order valence-corrected chi connectivity index (χ2v) is 5.12. The molecular weight excluding hydrogens is 220 g/mol. The van der Waals surface area contributed by atoms with E-state index in [1.54, 1.807) is 0 Å². The number of carbonyl (C=O) groups is 2. The van der Waals surface area contributed by atoms with Crippen LogP contribution in [0.15, 0.2) is 0 Å². The van der Waals surface area contributed by atoms with Crippen LogP contribution in [0, 0.1) is 5.92 Å². The van der Waals surface area contributed by atoms with Crippen molar-refractivity contribution in [3.63, 3.8) is 0 Å². The molecule has 2 fully saturated rings. The van der Waals surface area contributed by atoms with Gasteiger partial charge in [0.2, 0.25) is 0 Å². The highest BCUT2D eigenvalue weighted by atomic mass is 16.4. The van der Waals surface area contributed by atoms with Crippen LogP contribution in [-0.2, 0) is 4.79 Å². The molecule has 0 aromatic heterocycles. The second-order valence-electron chi connectivity index (χ2n) is 5.12. The average Bonchev–Trinajstić information content (AvgIpc) is 3.12. The number of amides is 2. The molecule has 1 heterocycles. The number of carboxylic acid groups (broad SMARTS) is 1. The van der Waals surface area contributed by atoms with Gasteiger partial charge in [0.05, 0.1) is 0 Å². The number of nitrogens with one attached hydrogen (secondary N) is 1. The smallest absolute Gasteiger partial charge is 0.326 e. The first kappa shape index (κ1) is 12.2. The summed E-state index contributed by atoms with van der Waals surface area (Å²) in [4.78, 5) is 24.6. The van der Waals surface area contributed by atoms with Gasteiger partial charge in [-0.25, -0.2) is 9.59 Å². The maximum Gasteiger partial charge on any atom is 0.326 e. The van der Waals surface area contributed by atoms with Crippen LogP contribution in [0.2, 0.25) is 0 Å². The molecule has 1 saturated heterocycles. The minimum atomic E-state index is -0.890. The van der Waals surface area contributed by atoms with E-state index in [2.05, 4.69) is 5.32 Å². The van der Waals surface area contributed by atoms with Gasteiger partial charge in [-0.05, 0) is 44.9 Å². The predicted molar refractivity (Wildman–Crippen MR) is 62.7 cm³/mol. The maximum atomic E-state index is 12.0. The van der Waals surface area contributed by atoms with Crippen LogP contribution < -0.4 is 5.32 Å². The lowest BCUT2D eigenvalue weighted by molar-refractivity contribution is -0.143. The van der Waals surface area contributed by atoms with Gasteiger partial charge in [-0.15, -0.1) is 0 Å². The number of hydrogen-bond donors (Lipinski definition) is 2. The molecule has 5 nitrogen and oxygen atoms in total. The number of carbonyl (C=O) groups excluding carboxylic acids is 1. The predicted octanol–water partition coefficient (Wildman–Crippen LogP) is 1.43. The van der Waals surface area contributed by atoms with Crippen molar-refractivity contribution < 1.29 is 14.7 Å². The monoisotopic (exact) mass is 240 g/mol. The van der Waals surface area contributed by atoms with Crippen molar-refractivity contribution in [3.05, 3.63) is 0 Å². The Kier molecular flexibility index (Phi) is 3.54. The van der Waals surface area contributed by atoms with E-state index < -0.39 is 12.0 Å². The van der Waals surface area contributed by atoms with Gasteiger partial charge < -0.3 is 15.3 Å². The van der Waals surface area contributed by atoms with Gasteiger partial charge in [0.15, 0.2) is 0 Å².